The highest BCUT2D eigenvalue weighted by Gasteiger charge is 2.10. The van der Waals surface area contributed by atoms with E-state index in [1.165, 1.54) is 50.5 Å². The molecule has 1 unspecified atom stereocenters. The lowest BCUT2D eigenvalue weighted by atomic mass is 9.89. The first-order chi connectivity index (χ1) is 8.27. The molecule has 1 heteroatoms. The SMILES string of the molecule is CCCCCCC(CCC)c1ccc(O)cc1. The Morgan fingerprint density at radius 3 is 2.18 bits per heavy atom. The molecule has 0 radical (unpaired) electrons. The number of phenolic OH excluding ortho intramolecular Hbond substituents is 1. The normalized spacial score (nSPS) is 12.6. The van der Waals surface area contributed by atoms with Gasteiger partial charge in [0.15, 0.2) is 0 Å². The summed E-state index contributed by atoms with van der Waals surface area (Å²) in [7, 11) is 0. The molecule has 1 aromatic carbocycles. The maximum Gasteiger partial charge on any atom is 0.115 e. The van der Waals surface area contributed by atoms with Crippen molar-refractivity contribution in [1.29, 1.82) is 0 Å². The molecule has 0 heterocycles. The zero-order valence-corrected chi connectivity index (χ0v) is 11.3. The zero-order chi connectivity index (χ0) is 12.5. The Morgan fingerprint density at radius 2 is 1.59 bits per heavy atom. The number of hydrogen-bond acceptors (Lipinski definition) is 1. The summed E-state index contributed by atoms with van der Waals surface area (Å²) >= 11 is 0. The molecule has 0 spiro atoms. The molecule has 1 aromatic rings. The molecule has 0 fully saturated rings. The smallest absolute Gasteiger partial charge is 0.115 e. The molecular formula is C16H26O. The molecule has 0 saturated heterocycles. The van der Waals surface area contributed by atoms with Crippen molar-refractivity contribution in [3.05, 3.63) is 29.8 Å². The lowest BCUT2D eigenvalue weighted by molar-refractivity contribution is 0.473. The van der Waals surface area contributed by atoms with Gasteiger partial charge in [0.2, 0.25) is 0 Å². The minimum atomic E-state index is 0.370. The van der Waals surface area contributed by atoms with Crippen LogP contribution in [0.1, 0.15) is 70.3 Å². The molecule has 0 aliphatic heterocycles. The van der Waals surface area contributed by atoms with E-state index < -0.39 is 0 Å². The molecule has 1 N–H and O–H groups in total. The predicted octanol–water partition coefficient (Wildman–Crippen LogP) is 5.25. The number of benzene rings is 1. The Labute approximate surface area is 106 Å². The van der Waals surface area contributed by atoms with Gasteiger partial charge in [0.25, 0.3) is 0 Å². The maximum atomic E-state index is 9.31. The zero-order valence-electron chi connectivity index (χ0n) is 11.3. The lowest BCUT2D eigenvalue weighted by Crippen LogP contribution is -1.98. The van der Waals surface area contributed by atoms with Crippen LogP contribution < -0.4 is 0 Å². The fraction of sp³-hybridized carbons (Fsp3) is 0.625. The van der Waals surface area contributed by atoms with Gasteiger partial charge in [0.1, 0.15) is 5.75 Å². The Kier molecular flexibility index (Phi) is 6.76. The molecule has 1 rings (SSSR count). The summed E-state index contributed by atoms with van der Waals surface area (Å²) in [5.74, 6) is 1.05. The van der Waals surface area contributed by atoms with Crippen molar-refractivity contribution in [1.82, 2.24) is 0 Å². The summed E-state index contributed by atoms with van der Waals surface area (Å²) in [6, 6.07) is 7.78. The molecule has 0 bridgehead atoms. The first-order valence-corrected chi connectivity index (χ1v) is 7.06. The minimum absolute atomic E-state index is 0.370. The van der Waals surface area contributed by atoms with Crippen LogP contribution in [0.5, 0.6) is 5.75 Å². The van der Waals surface area contributed by atoms with Crippen LogP contribution in [0.25, 0.3) is 0 Å². The van der Waals surface area contributed by atoms with E-state index in [9.17, 15) is 5.11 Å². The van der Waals surface area contributed by atoms with Crippen LogP contribution in [0, 0.1) is 0 Å². The molecule has 1 atom stereocenters. The fourth-order valence-electron chi connectivity index (χ4n) is 2.39. The highest BCUT2D eigenvalue weighted by Crippen LogP contribution is 2.28. The molecule has 0 amide bonds. The van der Waals surface area contributed by atoms with Crippen LogP contribution in [0.15, 0.2) is 24.3 Å². The Bertz CT molecular complexity index is 289. The van der Waals surface area contributed by atoms with Gasteiger partial charge < -0.3 is 5.11 Å². The quantitative estimate of drug-likeness (QED) is 0.609. The number of unbranched alkanes of at least 4 members (excludes halogenated alkanes) is 3. The van der Waals surface area contributed by atoms with Crippen molar-refractivity contribution in [2.45, 2.75) is 64.7 Å². The molecule has 96 valence electrons. The van der Waals surface area contributed by atoms with Crippen LogP contribution in [-0.4, -0.2) is 5.11 Å². The lowest BCUT2D eigenvalue weighted by Gasteiger charge is -2.16. The second-order valence-corrected chi connectivity index (χ2v) is 4.93. The van der Waals surface area contributed by atoms with Gasteiger partial charge in [-0.3, -0.25) is 0 Å². The van der Waals surface area contributed by atoms with E-state index in [1.54, 1.807) is 0 Å². The summed E-state index contributed by atoms with van der Waals surface area (Å²) < 4.78 is 0. The Balaban J connectivity index is 2.49. The molecule has 0 aliphatic carbocycles. The van der Waals surface area contributed by atoms with E-state index in [1.807, 2.05) is 12.1 Å². The molecule has 1 nitrogen and oxygen atoms in total. The fourth-order valence-corrected chi connectivity index (χ4v) is 2.39. The minimum Gasteiger partial charge on any atom is -0.508 e. The van der Waals surface area contributed by atoms with Crippen molar-refractivity contribution in [2.75, 3.05) is 0 Å². The molecule has 17 heavy (non-hydrogen) atoms. The number of phenols is 1. The van der Waals surface area contributed by atoms with E-state index in [0.717, 1.165) is 0 Å². The topological polar surface area (TPSA) is 20.2 Å². The standard InChI is InChI=1S/C16H26O/c1-3-5-6-7-9-14(8-4-2)15-10-12-16(17)13-11-15/h10-14,17H,3-9H2,1-2H3. The van der Waals surface area contributed by atoms with Crippen molar-refractivity contribution in [2.24, 2.45) is 0 Å². The number of aromatic hydroxyl groups is 1. The highest BCUT2D eigenvalue weighted by atomic mass is 16.3. The summed E-state index contributed by atoms with van der Waals surface area (Å²) in [5.41, 5.74) is 1.39. The van der Waals surface area contributed by atoms with Crippen LogP contribution in [0.2, 0.25) is 0 Å². The largest absolute Gasteiger partial charge is 0.508 e. The van der Waals surface area contributed by atoms with E-state index in [4.69, 9.17) is 0 Å². The first kappa shape index (κ1) is 14.1. The second kappa shape index (κ2) is 8.16. The van der Waals surface area contributed by atoms with Crippen LogP contribution in [0.4, 0.5) is 0 Å². The predicted molar refractivity (Wildman–Crippen MR) is 74.5 cm³/mol. The Hall–Kier alpha value is -0.980. The van der Waals surface area contributed by atoms with Crippen molar-refractivity contribution in [3.63, 3.8) is 0 Å². The van der Waals surface area contributed by atoms with Gasteiger partial charge >= 0.3 is 0 Å². The van der Waals surface area contributed by atoms with Crippen LogP contribution in [0.3, 0.4) is 0 Å². The summed E-state index contributed by atoms with van der Waals surface area (Å²) in [6.07, 6.45) is 9.13. The highest BCUT2D eigenvalue weighted by molar-refractivity contribution is 5.28. The second-order valence-electron chi connectivity index (χ2n) is 4.93. The Morgan fingerprint density at radius 1 is 0.882 bits per heavy atom. The van der Waals surface area contributed by atoms with Gasteiger partial charge in [-0.15, -0.1) is 0 Å². The third-order valence-electron chi connectivity index (χ3n) is 3.41. The van der Waals surface area contributed by atoms with Crippen molar-refractivity contribution >= 4 is 0 Å². The monoisotopic (exact) mass is 234 g/mol. The maximum absolute atomic E-state index is 9.31. The molecule has 0 aliphatic rings. The van der Waals surface area contributed by atoms with Crippen LogP contribution in [-0.2, 0) is 0 Å². The summed E-state index contributed by atoms with van der Waals surface area (Å²) in [5, 5.41) is 9.31. The first-order valence-electron chi connectivity index (χ1n) is 7.06. The van der Waals surface area contributed by atoms with Gasteiger partial charge in [-0.05, 0) is 36.5 Å². The van der Waals surface area contributed by atoms with E-state index >= 15 is 0 Å². The summed E-state index contributed by atoms with van der Waals surface area (Å²) in [6.45, 7) is 4.50. The summed E-state index contributed by atoms with van der Waals surface area (Å²) in [4.78, 5) is 0. The van der Waals surface area contributed by atoms with Gasteiger partial charge in [0.05, 0.1) is 0 Å². The molecule has 0 saturated carbocycles. The molecular weight excluding hydrogens is 208 g/mol. The van der Waals surface area contributed by atoms with E-state index in [2.05, 4.69) is 26.0 Å². The number of hydrogen-bond donors (Lipinski definition) is 1. The molecule has 0 aromatic heterocycles. The van der Waals surface area contributed by atoms with Gasteiger partial charge in [-0.25, -0.2) is 0 Å². The van der Waals surface area contributed by atoms with Gasteiger partial charge in [0, 0.05) is 0 Å². The third-order valence-corrected chi connectivity index (χ3v) is 3.41. The van der Waals surface area contributed by atoms with Gasteiger partial charge in [-0.2, -0.15) is 0 Å². The van der Waals surface area contributed by atoms with Gasteiger partial charge in [-0.1, -0.05) is 58.1 Å². The number of rotatable bonds is 8. The average Bonchev–Trinajstić information content (AvgIpc) is 2.34. The van der Waals surface area contributed by atoms with E-state index in [0.29, 0.717) is 11.7 Å². The van der Waals surface area contributed by atoms with Crippen molar-refractivity contribution in [3.8, 4) is 5.75 Å². The van der Waals surface area contributed by atoms with Crippen molar-refractivity contribution < 1.29 is 5.11 Å². The van der Waals surface area contributed by atoms with Crippen LogP contribution >= 0.6 is 0 Å². The van der Waals surface area contributed by atoms with E-state index in [-0.39, 0.29) is 0 Å². The average molecular weight is 234 g/mol. The third kappa shape index (κ3) is 5.25.